The molecular weight excluding hydrogens is 246 g/mol. The monoisotopic (exact) mass is 279 g/mol. The van der Waals surface area contributed by atoms with Crippen molar-refractivity contribution >= 4 is 0 Å². The van der Waals surface area contributed by atoms with Crippen LogP contribution in [0.4, 0.5) is 0 Å². The lowest BCUT2D eigenvalue weighted by molar-refractivity contribution is 0.101. The molecule has 0 bridgehead atoms. The quantitative estimate of drug-likeness (QED) is 0.832. The molecule has 20 heavy (non-hydrogen) atoms. The van der Waals surface area contributed by atoms with E-state index in [1.165, 1.54) is 71.4 Å². The molecule has 0 aromatic carbocycles. The Balaban J connectivity index is 1.41. The minimum Gasteiger partial charge on any atom is -0.316 e. The smallest absolute Gasteiger partial charge is 0.0122 e. The number of nitrogens with one attached hydrogen (secondary N) is 1. The molecule has 116 valence electrons. The van der Waals surface area contributed by atoms with Gasteiger partial charge in [-0.15, -0.1) is 0 Å². The second-order valence-electron chi connectivity index (χ2n) is 7.71. The summed E-state index contributed by atoms with van der Waals surface area (Å²) in [6, 6.07) is 1.82. The lowest BCUT2D eigenvalue weighted by Crippen LogP contribution is -2.47. The summed E-state index contributed by atoms with van der Waals surface area (Å²) in [7, 11) is 0. The van der Waals surface area contributed by atoms with Crippen LogP contribution in [0, 0.1) is 11.8 Å². The summed E-state index contributed by atoms with van der Waals surface area (Å²) in [5, 5.41) is 3.65. The summed E-state index contributed by atoms with van der Waals surface area (Å²) < 4.78 is 0. The fourth-order valence-corrected chi connectivity index (χ4v) is 4.47. The van der Waals surface area contributed by atoms with E-state index in [9.17, 15) is 0 Å². The van der Waals surface area contributed by atoms with Crippen molar-refractivity contribution in [3.8, 4) is 0 Å². The molecule has 3 atom stereocenters. The van der Waals surface area contributed by atoms with E-state index in [0.29, 0.717) is 0 Å². The van der Waals surface area contributed by atoms with E-state index in [0.717, 1.165) is 23.9 Å². The molecule has 0 radical (unpaired) electrons. The zero-order valence-electron chi connectivity index (χ0n) is 13.5. The van der Waals surface area contributed by atoms with Gasteiger partial charge in [-0.25, -0.2) is 0 Å². The summed E-state index contributed by atoms with van der Waals surface area (Å²) >= 11 is 0. The van der Waals surface area contributed by atoms with Crippen molar-refractivity contribution in [3.05, 3.63) is 0 Å². The van der Waals surface area contributed by atoms with Gasteiger partial charge < -0.3 is 10.2 Å². The molecule has 3 heterocycles. The third-order valence-corrected chi connectivity index (χ3v) is 5.61. The number of nitrogens with zero attached hydrogens (tertiary/aromatic N) is 2. The third-order valence-electron chi connectivity index (χ3n) is 5.61. The Hall–Kier alpha value is -0.120. The molecule has 0 aromatic heterocycles. The van der Waals surface area contributed by atoms with Crippen LogP contribution >= 0.6 is 0 Å². The number of likely N-dealkylation sites (tertiary alicyclic amines) is 1. The van der Waals surface area contributed by atoms with Gasteiger partial charge in [0.15, 0.2) is 0 Å². The lowest BCUT2D eigenvalue weighted by atomic mass is 9.96. The normalized spacial score (nSPS) is 35.9. The van der Waals surface area contributed by atoms with Crippen LogP contribution in [0.15, 0.2) is 0 Å². The minimum atomic E-state index is 0.777. The summed E-state index contributed by atoms with van der Waals surface area (Å²) in [4.78, 5) is 5.56. The first kappa shape index (κ1) is 14.8. The number of hydrogen-bond donors (Lipinski definition) is 1. The Labute approximate surface area is 125 Å². The van der Waals surface area contributed by atoms with Crippen LogP contribution in [0.2, 0.25) is 0 Å². The first-order valence-electron chi connectivity index (χ1n) is 8.91. The Kier molecular flexibility index (Phi) is 5.00. The molecule has 1 N–H and O–H groups in total. The Morgan fingerprint density at radius 3 is 2.65 bits per heavy atom. The van der Waals surface area contributed by atoms with Gasteiger partial charge >= 0.3 is 0 Å². The van der Waals surface area contributed by atoms with Crippen molar-refractivity contribution in [1.29, 1.82) is 0 Å². The molecule has 3 aliphatic rings. The van der Waals surface area contributed by atoms with Crippen molar-refractivity contribution in [2.75, 3.05) is 39.3 Å². The zero-order valence-corrected chi connectivity index (χ0v) is 13.5. The Morgan fingerprint density at radius 2 is 1.80 bits per heavy atom. The van der Waals surface area contributed by atoms with Crippen LogP contribution < -0.4 is 5.32 Å². The van der Waals surface area contributed by atoms with Crippen molar-refractivity contribution in [1.82, 2.24) is 15.1 Å². The highest BCUT2D eigenvalue weighted by Gasteiger charge is 2.36. The molecule has 3 rings (SSSR count). The van der Waals surface area contributed by atoms with E-state index in [-0.39, 0.29) is 0 Å². The van der Waals surface area contributed by atoms with E-state index in [1.807, 2.05) is 0 Å². The molecule has 0 spiro atoms. The highest BCUT2D eigenvalue weighted by Crippen LogP contribution is 2.31. The van der Waals surface area contributed by atoms with Gasteiger partial charge in [0.2, 0.25) is 0 Å². The van der Waals surface area contributed by atoms with E-state index >= 15 is 0 Å². The van der Waals surface area contributed by atoms with Gasteiger partial charge in [0.25, 0.3) is 0 Å². The molecular formula is C17H33N3. The fraction of sp³-hybridized carbons (Fsp3) is 1.00. The van der Waals surface area contributed by atoms with Crippen LogP contribution in [-0.4, -0.2) is 61.2 Å². The molecule has 3 aliphatic heterocycles. The van der Waals surface area contributed by atoms with Crippen molar-refractivity contribution in [2.24, 2.45) is 11.8 Å². The Morgan fingerprint density at radius 1 is 1.00 bits per heavy atom. The van der Waals surface area contributed by atoms with Gasteiger partial charge in [0.1, 0.15) is 0 Å². The second kappa shape index (κ2) is 6.76. The predicted molar refractivity (Wildman–Crippen MR) is 85.0 cm³/mol. The summed E-state index contributed by atoms with van der Waals surface area (Å²) in [6.07, 6.45) is 7.19. The average Bonchev–Trinajstić information content (AvgIpc) is 3.05. The zero-order chi connectivity index (χ0) is 13.9. The summed E-state index contributed by atoms with van der Waals surface area (Å²) in [5.41, 5.74) is 0. The average molecular weight is 279 g/mol. The van der Waals surface area contributed by atoms with Gasteiger partial charge in [-0.05, 0) is 76.7 Å². The van der Waals surface area contributed by atoms with Crippen LogP contribution in [0.5, 0.6) is 0 Å². The molecule has 0 aliphatic carbocycles. The maximum absolute atomic E-state index is 3.65. The summed E-state index contributed by atoms with van der Waals surface area (Å²) in [6.45, 7) is 12.4. The fourth-order valence-electron chi connectivity index (χ4n) is 4.47. The van der Waals surface area contributed by atoms with E-state index in [2.05, 4.69) is 29.0 Å². The highest BCUT2D eigenvalue weighted by atomic mass is 15.2. The topological polar surface area (TPSA) is 18.5 Å². The molecule has 3 saturated heterocycles. The third kappa shape index (κ3) is 3.55. The standard InChI is InChI=1S/C17H33N3/c1-14(2)11-18-12-15-5-8-20(13-15)17-6-9-19-7-3-4-16(19)10-17/h14-18H,3-13H2,1-2H3. The number of fused-ring (bicyclic) bond motifs is 1. The van der Waals surface area contributed by atoms with Gasteiger partial charge in [0.05, 0.1) is 0 Å². The van der Waals surface area contributed by atoms with Crippen LogP contribution in [0.1, 0.15) is 46.0 Å². The Bertz CT molecular complexity index is 305. The van der Waals surface area contributed by atoms with Gasteiger partial charge in [-0.1, -0.05) is 13.8 Å². The van der Waals surface area contributed by atoms with Crippen molar-refractivity contribution in [2.45, 2.75) is 58.0 Å². The molecule has 3 nitrogen and oxygen atoms in total. The highest BCUT2D eigenvalue weighted by molar-refractivity contribution is 4.92. The second-order valence-corrected chi connectivity index (χ2v) is 7.71. The van der Waals surface area contributed by atoms with Gasteiger partial charge in [-0.2, -0.15) is 0 Å². The van der Waals surface area contributed by atoms with Crippen LogP contribution in [-0.2, 0) is 0 Å². The lowest BCUT2D eigenvalue weighted by Gasteiger charge is -2.39. The van der Waals surface area contributed by atoms with Crippen molar-refractivity contribution in [3.63, 3.8) is 0 Å². The maximum Gasteiger partial charge on any atom is 0.0122 e. The van der Waals surface area contributed by atoms with E-state index in [1.54, 1.807) is 0 Å². The summed E-state index contributed by atoms with van der Waals surface area (Å²) in [5.74, 6) is 1.68. The molecule has 3 unspecified atom stereocenters. The first-order chi connectivity index (χ1) is 9.72. The van der Waals surface area contributed by atoms with Crippen LogP contribution in [0.3, 0.4) is 0 Å². The predicted octanol–water partition coefficient (Wildman–Crippen LogP) is 2.18. The van der Waals surface area contributed by atoms with Crippen molar-refractivity contribution < 1.29 is 0 Å². The number of hydrogen-bond acceptors (Lipinski definition) is 3. The molecule has 0 amide bonds. The van der Waals surface area contributed by atoms with E-state index < -0.39 is 0 Å². The van der Waals surface area contributed by atoms with Gasteiger partial charge in [0, 0.05) is 18.6 Å². The van der Waals surface area contributed by atoms with Crippen LogP contribution in [0.25, 0.3) is 0 Å². The number of piperidine rings is 1. The SMILES string of the molecule is CC(C)CNCC1CCN(C2CCN3CCCC3C2)C1. The molecule has 0 saturated carbocycles. The first-order valence-corrected chi connectivity index (χ1v) is 8.91. The molecule has 3 fully saturated rings. The number of rotatable bonds is 5. The maximum atomic E-state index is 3.65. The van der Waals surface area contributed by atoms with E-state index in [4.69, 9.17) is 0 Å². The van der Waals surface area contributed by atoms with Gasteiger partial charge in [-0.3, -0.25) is 4.90 Å². The molecule has 0 aromatic rings. The largest absolute Gasteiger partial charge is 0.316 e. The minimum absolute atomic E-state index is 0.777. The molecule has 3 heteroatoms.